The molecule has 0 saturated heterocycles. The molecule has 0 rings (SSSR count). The van der Waals surface area contributed by atoms with E-state index in [1.165, 1.54) is 38.5 Å². The maximum absolute atomic E-state index is 12.9. The monoisotopic (exact) mass is 1140 g/mol. The molecule has 0 saturated carbocycles. The zero-order valence-electron chi connectivity index (χ0n) is 52.9. The van der Waals surface area contributed by atoms with Crippen LogP contribution in [-0.4, -0.2) is 37.2 Å². The van der Waals surface area contributed by atoms with E-state index in [-0.39, 0.29) is 37.5 Å². The van der Waals surface area contributed by atoms with Gasteiger partial charge in [-0.15, -0.1) is 0 Å². The summed E-state index contributed by atoms with van der Waals surface area (Å²) in [7, 11) is 0. The molecule has 0 aromatic heterocycles. The molecule has 0 heterocycles. The van der Waals surface area contributed by atoms with Crippen molar-refractivity contribution in [2.24, 2.45) is 0 Å². The highest BCUT2D eigenvalue weighted by Crippen LogP contribution is 2.13. The molecular formula is C77H118O6. The fourth-order valence-electron chi connectivity index (χ4n) is 8.21. The van der Waals surface area contributed by atoms with Crippen molar-refractivity contribution in [1.82, 2.24) is 0 Å². The third-order valence-electron chi connectivity index (χ3n) is 13.1. The Labute approximate surface area is 509 Å². The van der Waals surface area contributed by atoms with Crippen molar-refractivity contribution in [1.29, 1.82) is 0 Å². The molecule has 1 unspecified atom stereocenters. The van der Waals surface area contributed by atoms with Crippen molar-refractivity contribution in [2.45, 2.75) is 258 Å². The number of carbonyl (C=O) groups is 3. The SMILES string of the molecule is CC/C=C\C/C=C\C/C=C\C/C=C\C/C=C\C/C=C\C/C=C\C/C=C\CCCCCCC(=O)OCC(COC(=O)CCCCCCC/C=C\CCCCCC)OC(=O)CCC/C=C\C/C=C\C/C=C\C/C=C\C/C=C\C/C=C\C/C=C\CC. The third kappa shape index (κ3) is 66.9. The Kier molecular flexibility index (Phi) is 64.0. The maximum Gasteiger partial charge on any atom is 0.306 e. The van der Waals surface area contributed by atoms with E-state index in [4.69, 9.17) is 14.2 Å². The lowest BCUT2D eigenvalue weighted by molar-refractivity contribution is -0.167. The molecule has 0 aliphatic rings. The summed E-state index contributed by atoms with van der Waals surface area (Å²) in [4.78, 5) is 38.3. The molecule has 6 heteroatoms. The van der Waals surface area contributed by atoms with Crippen LogP contribution in [0.1, 0.15) is 252 Å². The largest absolute Gasteiger partial charge is 0.462 e. The Balaban J connectivity index is 4.52. The molecule has 0 spiro atoms. The highest BCUT2D eigenvalue weighted by Gasteiger charge is 2.19. The van der Waals surface area contributed by atoms with Gasteiger partial charge in [0.15, 0.2) is 6.10 Å². The lowest BCUT2D eigenvalue weighted by Crippen LogP contribution is -2.30. The van der Waals surface area contributed by atoms with Gasteiger partial charge in [0.2, 0.25) is 0 Å². The Hall–Kier alpha value is -5.75. The summed E-state index contributed by atoms with van der Waals surface area (Å²) in [6.07, 6.45) is 104. The normalized spacial score (nSPS) is 13.4. The first-order valence-corrected chi connectivity index (χ1v) is 32.9. The van der Waals surface area contributed by atoms with E-state index in [9.17, 15) is 14.4 Å². The van der Waals surface area contributed by atoms with Gasteiger partial charge >= 0.3 is 17.9 Å². The van der Waals surface area contributed by atoms with Gasteiger partial charge in [-0.25, -0.2) is 0 Å². The lowest BCUT2D eigenvalue weighted by Gasteiger charge is -2.18. The summed E-state index contributed by atoms with van der Waals surface area (Å²) < 4.78 is 16.8. The van der Waals surface area contributed by atoms with Crippen LogP contribution in [0, 0.1) is 0 Å². The van der Waals surface area contributed by atoms with Crippen LogP contribution in [0.15, 0.2) is 194 Å². The molecule has 0 aliphatic carbocycles. The molecule has 0 N–H and O–H groups in total. The molecule has 0 aromatic rings. The topological polar surface area (TPSA) is 78.9 Å². The first-order valence-electron chi connectivity index (χ1n) is 32.9. The van der Waals surface area contributed by atoms with Gasteiger partial charge in [-0.3, -0.25) is 14.4 Å². The summed E-state index contributed by atoms with van der Waals surface area (Å²) in [5, 5.41) is 0. The molecule has 0 aliphatic heterocycles. The average molecular weight is 1140 g/mol. The number of hydrogen-bond acceptors (Lipinski definition) is 6. The van der Waals surface area contributed by atoms with Gasteiger partial charge in [0.05, 0.1) is 0 Å². The zero-order chi connectivity index (χ0) is 59.9. The Morgan fingerprint density at radius 1 is 0.253 bits per heavy atom. The number of rotatable bonds is 57. The van der Waals surface area contributed by atoms with E-state index in [2.05, 4.69) is 215 Å². The second-order valence-corrected chi connectivity index (χ2v) is 20.9. The van der Waals surface area contributed by atoms with E-state index in [1.807, 2.05) is 0 Å². The van der Waals surface area contributed by atoms with Crippen LogP contribution < -0.4 is 0 Å². The van der Waals surface area contributed by atoms with Crippen LogP contribution >= 0.6 is 0 Å². The van der Waals surface area contributed by atoms with E-state index < -0.39 is 6.10 Å². The number of unbranched alkanes of at least 4 members (excludes halogenated alkanes) is 14. The second-order valence-electron chi connectivity index (χ2n) is 20.9. The molecule has 0 radical (unpaired) electrons. The van der Waals surface area contributed by atoms with Crippen LogP contribution in [0.25, 0.3) is 0 Å². The second kappa shape index (κ2) is 68.7. The highest BCUT2D eigenvalue weighted by molar-refractivity contribution is 5.71. The van der Waals surface area contributed by atoms with Crippen molar-refractivity contribution < 1.29 is 28.6 Å². The van der Waals surface area contributed by atoms with Crippen molar-refractivity contribution in [3.8, 4) is 0 Å². The molecule has 83 heavy (non-hydrogen) atoms. The Morgan fingerprint density at radius 2 is 0.482 bits per heavy atom. The van der Waals surface area contributed by atoms with Crippen LogP contribution in [-0.2, 0) is 28.6 Å². The van der Waals surface area contributed by atoms with Gasteiger partial charge in [0.25, 0.3) is 0 Å². The first kappa shape index (κ1) is 77.2. The van der Waals surface area contributed by atoms with Crippen molar-refractivity contribution in [2.75, 3.05) is 13.2 Å². The van der Waals surface area contributed by atoms with Gasteiger partial charge < -0.3 is 14.2 Å². The van der Waals surface area contributed by atoms with Crippen LogP contribution in [0.2, 0.25) is 0 Å². The highest BCUT2D eigenvalue weighted by atomic mass is 16.6. The van der Waals surface area contributed by atoms with Crippen LogP contribution in [0.4, 0.5) is 0 Å². The van der Waals surface area contributed by atoms with E-state index in [0.717, 1.165) is 167 Å². The predicted molar refractivity (Wildman–Crippen MR) is 361 cm³/mol. The fourth-order valence-corrected chi connectivity index (χ4v) is 8.21. The number of carbonyl (C=O) groups excluding carboxylic acids is 3. The molecule has 1 atom stereocenters. The summed E-state index contributed by atoms with van der Waals surface area (Å²) >= 11 is 0. The number of ether oxygens (including phenoxy) is 3. The molecule has 462 valence electrons. The quantitative estimate of drug-likeness (QED) is 0.0261. The first-order chi connectivity index (χ1) is 41.0. The van der Waals surface area contributed by atoms with Crippen molar-refractivity contribution >= 4 is 17.9 Å². The molecule has 6 nitrogen and oxygen atoms in total. The summed E-state index contributed by atoms with van der Waals surface area (Å²) in [5.74, 6) is -1.03. The third-order valence-corrected chi connectivity index (χ3v) is 13.1. The standard InChI is InChI=1S/C77H118O6/c1-4-7-10-13-16-19-22-25-27-29-31-33-35-36-37-38-39-40-42-43-45-47-49-52-55-58-61-64-67-70-76(79)82-73-74(72-81-75(78)69-66-63-60-57-54-51-24-21-18-15-12-9-6-3)83-77(80)71-68-65-62-59-56-53-50-48-46-44-41-34-32-30-28-26-23-20-17-14-11-8-5-2/h7-8,10-11,16-17,19-21,24-28,31-34,36-37,39-40,43-46,49-50,52-53,59,62,74H,4-6,9,12-15,18,22-23,29-30,35,38,41-42,47-48,51,54-58,60-61,63-73H2,1-3H3/b10-7-,11-8-,19-16-,20-17-,24-21-,27-25-,28-26-,33-31-,34-32-,37-36-,40-39-,45-43-,46-44-,52-49-,53-50-,62-59-. The van der Waals surface area contributed by atoms with E-state index in [1.54, 1.807) is 0 Å². The maximum atomic E-state index is 12.9. The Morgan fingerprint density at radius 3 is 0.783 bits per heavy atom. The van der Waals surface area contributed by atoms with Gasteiger partial charge in [0.1, 0.15) is 13.2 Å². The minimum absolute atomic E-state index is 0.124. The van der Waals surface area contributed by atoms with E-state index >= 15 is 0 Å². The van der Waals surface area contributed by atoms with Gasteiger partial charge in [-0.1, -0.05) is 267 Å². The number of allylic oxidation sites excluding steroid dienone is 32. The smallest absolute Gasteiger partial charge is 0.306 e. The van der Waals surface area contributed by atoms with Gasteiger partial charge in [-0.2, -0.15) is 0 Å². The average Bonchev–Trinajstić information content (AvgIpc) is 3.49. The summed E-state index contributed by atoms with van der Waals surface area (Å²) in [5.41, 5.74) is 0. The van der Waals surface area contributed by atoms with E-state index in [0.29, 0.717) is 19.3 Å². The fraction of sp³-hybridized carbons (Fsp3) is 0.545. The lowest BCUT2D eigenvalue weighted by atomic mass is 10.1. The van der Waals surface area contributed by atoms with Crippen LogP contribution in [0.3, 0.4) is 0 Å². The molecule has 0 bridgehead atoms. The zero-order valence-corrected chi connectivity index (χ0v) is 52.9. The summed E-state index contributed by atoms with van der Waals surface area (Å²) in [6.45, 7) is 6.31. The number of hydrogen-bond donors (Lipinski definition) is 0. The Bertz CT molecular complexity index is 1990. The predicted octanol–water partition coefficient (Wildman–Crippen LogP) is 23.0. The van der Waals surface area contributed by atoms with Gasteiger partial charge in [0, 0.05) is 19.3 Å². The van der Waals surface area contributed by atoms with Gasteiger partial charge in [-0.05, 0) is 161 Å². The van der Waals surface area contributed by atoms with Crippen molar-refractivity contribution in [3.63, 3.8) is 0 Å². The molecule has 0 aromatic carbocycles. The summed E-state index contributed by atoms with van der Waals surface area (Å²) in [6, 6.07) is 0. The van der Waals surface area contributed by atoms with Crippen molar-refractivity contribution in [3.05, 3.63) is 194 Å². The molecule has 0 fully saturated rings. The minimum Gasteiger partial charge on any atom is -0.462 e. The van der Waals surface area contributed by atoms with Crippen LogP contribution in [0.5, 0.6) is 0 Å². The number of esters is 3. The minimum atomic E-state index is -0.836. The molecule has 0 amide bonds. The molecular weight excluding hydrogens is 1020 g/mol.